The van der Waals surface area contributed by atoms with Gasteiger partial charge in [-0.05, 0) is 51.5 Å². The molecule has 0 heterocycles. The first kappa shape index (κ1) is 12.3. The van der Waals surface area contributed by atoms with Gasteiger partial charge in [-0.15, -0.1) is 0 Å². The number of nitrogens with zero attached hydrogens (tertiary/aromatic N) is 1. The van der Waals surface area contributed by atoms with Crippen molar-refractivity contribution in [1.29, 1.82) is 0 Å². The average molecular weight is 227 g/mol. The fourth-order valence-corrected chi connectivity index (χ4v) is 2.74. The number of rotatable bonds is 8. The van der Waals surface area contributed by atoms with Crippen LogP contribution in [0.15, 0.2) is 0 Å². The quantitative estimate of drug-likeness (QED) is 0.682. The SMILES string of the molecule is CCOC[C@@H](O)CN(C)C(C1CC1)C1CC1. The van der Waals surface area contributed by atoms with Crippen molar-refractivity contribution in [3.63, 3.8) is 0 Å². The van der Waals surface area contributed by atoms with Gasteiger partial charge in [-0.25, -0.2) is 0 Å². The lowest BCUT2D eigenvalue weighted by atomic mass is 10.1. The van der Waals surface area contributed by atoms with Crippen molar-refractivity contribution in [2.45, 2.75) is 44.8 Å². The number of hydrogen-bond donors (Lipinski definition) is 1. The smallest absolute Gasteiger partial charge is 0.0900 e. The summed E-state index contributed by atoms with van der Waals surface area (Å²) in [7, 11) is 2.16. The highest BCUT2D eigenvalue weighted by Gasteiger charge is 2.43. The average Bonchev–Trinajstić information content (AvgIpc) is 3.07. The molecule has 0 aliphatic heterocycles. The molecule has 3 heteroatoms. The summed E-state index contributed by atoms with van der Waals surface area (Å²) in [5, 5.41) is 9.84. The van der Waals surface area contributed by atoms with Gasteiger partial charge in [0.05, 0.1) is 12.7 Å². The second-order valence-electron chi connectivity index (χ2n) is 5.42. The Hall–Kier alpha value is -0.120. The molecule has 1 atom stereocenters. The molecular formula is C13H25NO2. The summed E-state index contributed by atoms with van der Waals surface area (Å²) >= 11 is 0. The maximum Gasteiger partial charge on any atom is 0.0900 e. The molecule has 0 radical (unpaired) electrons. The molecule has 0 saturated heterocycles. The van der Waals surface area contributed by atoms with Crippen molar-refractivity contribution >= 4 is 0 Å². The van der Waals surface area contributed by atoms with Gasteiger partial charge in [0.1, 0.15) is 0 Å². The number of aliphatic hydroxyl groups excluding tert-OH is 1. The highest BCUT2D eigenvalue weighted by Crippen LogP contribution is 2.46. The molecular weight excluding hydrogens is 202 g/mol. The Morgan fingerprint density at radius 3 is 2.25 bits per heavy atom. The molecule has 0 amide bonds. The Bertz CT molecular complexity index is 202. The van der Waals surface area contributed by atoms with E-state index in [4.69, 9.17) is 4.74 Å². The fraction of sp³-hybridized carbons (Fsp3) is 1.00. The third-order valence-corrected chi connectivity index (χ3v) is 3.73. The summed E-state index contributed by atoms with van der Waals surface area (Å²) in [6.07, 6.45) is 5.25. The maximum absolute atomic E-state index is 9.84. The molecule has 0 aromatic carbocycles. The predicted molar refractivity (Wildman–Crippen MR) is 64.4 cm³/mol. The summed E-state index contributed by atoms with van der Waals surface area (Å²) in [6.45, 7) is 3.89. The highest BCUT2D eigenvalue weighted by molar-refractivity contribution is 4.97. The van der Waals surface area contributed by atoms with E-state index < -0.39 is 0 Å². The van der Waals surface area contributed by atoms with Gasteiger partial charge in [-0.2, -0.15) is 0 Å². The van der Waals surface area contributed by atoms with Crippen molar-refractivity contribution in [2.24, 2.45) is 11.8 Å². The largest absolute Gasteiger partial charge is 0.389 e. The third-order valence-electron chi connectivity index (χ3n) is 3.73. The zero-order chi connectivity index (χ0) is 11.5. The second-order valence-corrected chi connectivity index (χ2v) is 5.42. The Morgan fingerprint density at radius 1 is 1.25 bits per heavy atom. The van der Waals surface area contributed by atoms with E-state index in [1.54, 1.807) is 0 Å². The second kappa shape index (κ2) is 5.48. The minimum absolute atomic E-state index is 0.329. The van der Waals surface area contributed by atoms with Gasteiger partial charge in [0.2, 0.25) is 0 Å². The van der Waals surface area contributed by atoms with Crippen LogP contribution in [0.1, 0.15) is 32.6 Å². The van der Waals surface area contributed by atoms with E-state index >= 15 is 0 Å². The first-order valence-electron chi connectivity index (χ1n) is 6.68. The van der Waals surface area contributed by atoms with E-state index in [2.05, 4.69) is 11.9 Å². The van der Waals surface area contributed by atoms with Crippen molar-refractivity contribution in [3.05, 3.63) is 0 Å². The Labute approximate surface area is 98.8 Å². The van der Waals surface area contributed by atoms with Crippen LogP contribution in [0.2, 0.25) is 0 Å². The molecule has 3 nitrogen and oxygen atoms in total. The Balaban J connectivity index is 1.73. The van der Waals surface area contributed by atoms with E-state index in [-0.39, 0.29) is 6.10 Å². The molecule has 0 unspecified atom stereocenters. The molecule has 0 aromatic heterocycles. The Kier molecular flexibility index (Phi) is 4.22. The molecule has 2 saturated carbocycles. The number of hydrogen-bond acceptors (Lipinski definition) is 3. The lowest BCUT2D eigenvalue weighted by molar-refractivity contribution is 0.0143. The standard InChI is InChI=1S/C13H25NO2/c1-3-16-9-12(15)8-14(2)13(10-4-5-10)11-6-7-11/h10-13,15H,3-9H2,1-2H3/t12-/m0/s1. The summed E-state index contributed by atoms with van der Waals surface area (Å²) < 4.78 is 5.25. The molecule has 2 fully saturated rings. The molecule has 0 aromatic rings. The van der Waals surface area contributed by atoms with Crippen LogP contribution < -0.4 is 0 Å². The van der Waals surface area contributed by atoms with Crippen molar-refractivity contribution in [2.75, 3.05) is 26.8 Å². The zero-order valence-corrected chi connectivity index (χ0v) is 10.6. The molecule has 0 bridgehead atoms. The van der Waals surface area contributed by atoms with Gasteiger partial charge >= 0.3 is 0 Å². The van der Waals surface area contributed by atoms with Gasteiger partial charge < -0.3 is 14.7 Å². The van der Waals surface area contributed by atoms with Crippen LogP contribution in [0.25, 0.3) is 0 Å². The van der Waals surface area contributed by atoms with E-state index in [9.17, 15) is 5.11 Å². The first-order chi connectivity index (χ1) is 7.72. The zero-order valence-electron chi connectivity index (χ0n) is 10.6. The van der Waals surface area contributed by atoms with Crippen LogP contribution in [0.5, 0.6) is 0 Å². The van der Waals surface area contributed by atoms with E-state index in [1.165, 1.54) is 25.7 Å². The molecule has 1 N–H and O–H groups in total. The maximum atomic E-state index is 9.84. The van der Waals surface area contributed by atoms with Crippen LogP contribution in [0.3, 0.4) is 0 Å². The normalized spacial score (nSPS) is 23.1. The first-order valence-corrected chi connectivity index (χ1v) is 6.68. The van der Waals surface area contributed by atoms with Crippen LogP contribution >= 0.6 is 0 Å². The number of aliphatic hydroxyl groups is 1. The molecule has 94 valence electrons. The van der Waals surface area contributed by atoms with Gasteiger partial charge in [-0.1, -0.05) is 0 Å². The third kappa shape index (κ3) is 3.44. The topological polar surface area (TPSA) is 32.7 Å². The van der Waals surface area contributed by atoms with Crippen molar-refractivity contribution in [3.8, 4) is 0 Å². The lowest BCUT2D eigenvalue weighted by Crippen LogP contribution is -2.41. The van der Waals surface area contributed by atoms with Crippen LogP contribution in [0, 0.1) is 11.8 Å². The lowest BCUT2D eigenvalue weighted by Gasteiger charge is -2.30. The summed E-state index contributed by atoms with van der Waals surface area (Å²) in [5.41, 5.74) is 0. The number of likely N-dealkylation sites (N-methyl/N-ethyl adjacent to an activating group) is 1. The highest BCUT2D eigenvalue weighted by atomic mass is 16.5. The van der Waals surface area contributed by atoms with E-state index in [1.807, 2.05) is 6.92 Å². The summed E-state index contributed by atoms with van der Waals surface area (Å²) in [5.74, 6) is 1.83. The van der Waals surface area contributed by atoms with Crippen LogP contribution in [-0.4, -0.2) is 49.0 Å². The number of ether oxygens (including phenoxy) is 1. The summed E-state index contributed by atoms with van der Waals surface area (Å²) in [4.78, 5) is 2.37. The van der Waals surface area contributed by atoms with Crippen LogP contribution in [-0.2, 0) is 4.74 Å². The Morgan fingerprint density at radius 2 is 1.81 bits per heavy atom. The minimum atomic E-state index is -0.329. The van der Waals surface area contributed by atoms with Gasteiger partial charge in [0, 0.05) is 19.2 Å². The van der Waals surface area contributed by atoms with Crippen molar-refractivity contribution in [1.82, 2.24) is 4.90 Å². The van der Waals surface area contributed by atoms with Gasteiger partial charge in [0.25, 0.3) is 0 Å². The molecule has 2 rings (SSSR count). The van der Waals surface area contributed by atoms with E-state index in [0.29, 0.717) is 13.2 Å². The molecule has 2 aliphatic rings. The monoisotopic (exact) mass is 227 g/mol. The molecule has 16 heavy (non-hydrogen) atoms. The predicted octanol–water partition coefficient (Wildman–Crippen LogP) is 1.50. The van der Waals surface area contributed by atoms with Gasteiger partial charge in [-0.3, -0.25) is 0 Å². The van der Waals surface area contributed by atoms with Crippen molar-refractivity contribution < 1.29 is 9.84 Å². The minimum Gasteiger partial charge on any atom is -0.389 e. The van der Waals surface area contributed by atoms with E-state index in [0.717, 1.165) is 24.4 Å². The van der Waals surface area contributed by atoms with Crippen LogP contribution in [0.4, 0.5) is 0 Å². The fourth-order valence-electron chi connectivity index (χ4n) is 2.74. The van der Waals surface area contributed by atoms with Gasteiger partial charge in [0.15, 0.2) is 0 Å². The molecule has 0 spiro atoms. The molecule has 2 aliphatic carbocycles. The summed E-state index contributed by atoms with van der Waals surface area (Å²) in [6, 6.07) is 0.733.